The zero-order valence-corrected chi connectivity index (χ0v) is 16.7. The summed E-state index contributed by atoms with van der Waals surface area (Å²) in [6.45, 7) is 3.88. The molecule has 0 bridgehead atoms. The quantitative estimate of drug-likeness (QED) is 0.592. The summed E-state index contributed by atoms with van der Waals surface area (Å²) in [7, 11) is 0. The van der Waals surface area contributed by atoms with Gasteiger partial charge in [-0.2, -0.15) is 15.8 Å². The van der Waals surface area contributed by atoms with Gasteiger partial charge in [0.15, 0.2) is 22.7 Å². The molecule has 0 saturated heterocycles. The number of rotatable bonds is 4. The van der Waals surface area contributed by atoms with Crippen LogP contribution in [0.25, 0.3) is 0 Å². The van der Waals surface area contributed by atoms with Crippen LogP contribution in [0.15, 0.2) is 18.2 Å². The van der Waals surface area contributed by atoms with Crippen molar-refractivity contribution >= 4 is 5.78 Å². The average molecular weight is 400 g/mol. The van der Waals surface area contributed by atoms with Crippen molar-refractivity contribution in [3.8, 4) is 29.7 Å². The molecule has 2 N–H and O–H groups in total. The third kappa shape index (κ3) is 3.45. The number of hydrogen-bond acceptors (Lipinski definition) is 7. The van der Waals surface area contributed by atoms with Crippen LogP contribution < -0.4 is 0 Å². The SMILES string of the molecule is Cc1nc(C(C#N)(C#N)CC(=O)c2ccc(O)c(O)c2)c(C#N)c2c1CC[C@@H](C)C2. The summed E-state index contributed by atoms with van der Waals surface area (Å²) in [5.74, 6) is -1.08. The molecule has 0 spiro atoms. The second-order valence-electron chi connectivity index (χ2n) is 7.77. The number of phenolic OH excluding ortho intramolecular Hbond substituents is 2. The largest absolute Gasteiger partial charge is 0.504 e. The van der Waals surface area contributed by atoms with E-state index in [0.717, 1.165) is 36.1 Å². The van der Waals surface area contributed by atoms with Crippen LogP contribution in [0, 0.1) is 46.8 Å². The number of aryl methyl sites for hydroxylation is 1. The fourth-order valence-electron chi connectivity index (χ4n) is 3.96. The normalized spacial score (nSPS) is 15.4. The van der Waals surface area contributed by atoms with Crippen LogP contribution in [0.2, 0.25) is 0 Å². The Balaban J connectivity index is 2.14. The van der Waals surface area contributed by atoms with Crippen molar-refractivity contribution < 1.29 is 15.0 Å². The molecule has 0 saturated carbocycles. The summed E-state index contributed by atoms with van der Waals surface area (Å²) in [5, 5.41) is 48.8. The van der Waals surface area contributed by atoms with E-state index in [9.17, 15) is 30.8 Å². The van der Waals surface area contributed by atoms with Crippen molar-refractivity contribution in [1.29, 1.82) is 15.8 Å². The van der Waals surface area contributed by atoms with Crippen LogP contribution in [-0.2, 0) is 18.3 Å². The second kappa shape index (κ2) is 7.85. The van der Waals surface area contributed by atoms with Gasteiger partial charge in [0, 0.05) is 17.7 Å². The number of phenols is 2. The Bertz CT molecular complexity index is 1150. The smallest absolute Gasteiger partial charge is 0.193 e. The summed E-state index contributed by atoms with van der Waals surface area (Å²) in [6.07, 6.45) is 1.88. The Hall–Kier alpha value is -3.89. The van der Waals surface area contributed by atoms with Gasteiger partial charge in [-0.05, 0) is 61.4 Å². The predicted octanol–water partition coefficient (Wildman–Crippen LogP) is 3.36. The van der Waals surface area contributed by atoms with Gasteiger partial charge in [0.2, 0.25) is 0 Å². The third-order valence-electron chi connectivity index (χ3n) is 5.68. The molecule has 0 radical (unpaired) electrons. The minimum Gasteiger partial charge on any atom is -0.504 e. The molecular weight excluding hydrogens is 380 g/mol. The highest BCUT2D eigenvalue weighted by atomic mass is 16.3. The van der Waals surface area contributed by atoms with Crippen molar-refractivity contribution in [3.05, 3.63) is 51.8 Å². The van der Waals surface area contributed by atoms with Crippen molar-refractivity contribution in [3.63, 3.8) is 0 Å². The number of Topliss-reactive ketones (excluding diaryl/α,β-unsaturated/α-hetero) is 1. The number of aromatic hydroxyl groups is 2. The first kappa shape index (κ1) is 20.8. The molecule has 0 unspecified atom stereocenters. The second-order valence-corrected chi connectivity index (χ2v) is 7.77. The number of hydrogen-bond donors (Lipinski definition) is 2. The Kier molecular flexibility index (Phi) is 5.45. The number of carbonyl (C=O) groups excluding carboxylic acids is 1. The first-order valence-electron chi connectivity index (χ1n) is 9.57. The topological polar surface area (TPSA) is 142 Å². The maximum Gasteiger partial charge on any atom is 0.193 e. The molecule has 1 aromatic heterocycles. The van der Waals surface area contributed by atoms with Crippen molar-refractivity contribution in [2.45, 2.75) is 44.9 Å². The number of nitrogens with zero attached hydrogens (tertiary/aromatic N) is 4. The average Bonchev–Trinajstić information content (AvgIpc) is 2.73. The highest BCUT2D eigenvalue weighted by molar-refractivity contribution is 5.98. The fraction of sp³-hybridized carbons (Fsp3) is 0.348. The van der Waals surface area contributed by atoms with Crippen LogP contribution in [0.5, 0.6) is 11.5 Å². The van der Waals surface area contributed by atoms with Gasteiger partial charge in [-0.3, -0.25) is 9.78 Å². The van der Waals surface area contributed by atoms with E-state index in [1.54, 1.807) is 6.92 Å². The Morgan fingerprint density at radius 2 is 1.90 bits per heavy atom. The molecule has 0 fully saturated rings. The summed E-state index contributed by atoms with van der Waals surface area (Å²) in [6, 6.07) is 9.51. The third-order valence-corrected chi connectivity index (χ3v) is 5.68. The number of nitriles is 3. The van der Waals surface area contributed by atoms with E-state index in [1.807, 2.05) is 12.1 Å². The van der Waals surface area contributed by atoms with Gasteiger partial charge < -0.3 is 10.2 Å². The van der Waals surface area contributed by atoms with Gasteiger partial charge in [-0.15, -0.1) is 0 Å². The van der Waals surface area contributed by atoms with E-state index < -0.39 is 23.4 Å². The maximum absolute atomic E-state index is 12.8. The summed E-state index contributed by atoms with van der Waals surface area (Å²) in [5.41, 5.74) is 0.757. The highest BCUT2D eigenvalue weighted by Crippen LogP contribution is 2.37. The predicted molar refractivity (Wildman–Crippen MR) is 107 cm³/mol. The Morgan fingerprint density at radius 1 is 1.20 bits per heavy atom. The van der Waals surface area contributed by atoms with Crippen molar-refractivity contribution in [1.82, 2.24) is 4.98 Å². The lowest BCUT2D eigenvalue weighted by molar-refractivity contribution is 0.0969. The Morgan fingerprint density at radius 3 is 2.50 bits per heavy atom. The lowest BCUT2D eigenvalue weighted by Crippen LogP contribution is -2.30. The fourth-order valence-corrected chi connectivity index (χ4v) is 3.96. The van der Waals surface area contributed by atoms with Gasteiger partial charge in [0.1, 0.15) is 6.07 Å². The molecule has 30 heavy (non-hydrogen) atoms. The minimum absolute atomic E-state index is 0.0108. The van der Waals surface area contributed by atoms with Crippen LogP contribution in [0.3, 0.4) is 0 Å². The molecule has 3 rings (SSSR count). The molecule has 0 aliphatic heterocycles. The standard InChI is InChI=1S/C23H20N4O3/c1-13-3-5-16-14(2)27-22(18(10-24)17(16)7-13)23(11-25,12-26)9-21(30)15-4-6-19(28)20(29)8-15/h4,6,8,13,28-29H,3,5,7,9H2,1-2H3/t13-/m1/s1. The van der Waals surface area contributed by atoms with E-state index in [-0.39, 0.29) is 22.6 Å². The first-order valence-corrected chi connectivity index (χ1v) is 9.57. The van der Waals surface area contributed by atoms with E-state index in [2.05, 4.69) is 18.0 Å². The van der Waals surface area contributed by atoms with Crippen LogP contribution in [-0.4, -0.2) is 21.0 Å². The van der Waals surface area contributed by atoms with E-state index in [4.69, 9.17) is 0 Å². The number of aromatic nitrogens is 1. The molecule has 0 amide bonds. The number of benzene rings is 1. The Labute approximate surface area is 174 Å². The molecule has 150 valence electrons. The monoisotopic (exact) mass is 400 g/mol. The minimum atomic E-state index is -1.95. The number of carbonyl (C=O) groups is 1. The lowest BCUT2D eigenvalue weighted by atomic mass is 9.75. The van der Waals surface area contributed by atoms with Gasteiger partial charge >= 0.3 is 0 Å². The van der Waals surface area contributed by atoms with Gasteiger partial charge in [-0.25, -0.2) is 0 Å². The summed E-state index contributed by atoms with van der Waals surface area (Å²) >= 11 is 0. The van der Waals surface area contributed by atoms with Crippen LogP contribution >= 0.6 is 0 Å². The van der Waals surface area contributed by atoms with Gasteiger partial charge in [-0.1, -0.05) is 6.92 Å². The lowest BCUT2D eigenvalue weighted by Gasteiger charge is -2.27. The van der Waals surface area contributed by atoms with Gasteiger partial charge in [0.05, 0.1) is 23.4 Å². The number of ketones is 1. The number of pyridine rings is 1. The van der Waals surface area contributed by atoms with E-state index in [0.29, 0.717) is 18.0 Å². The van der Waals surface area contributed by atoms with E-state index >= 15 is 0 Å². The maximum atomic E-state index is 12.8. The van der Waals surface area contributed by atoms with Gasteiger partial charge in [0.25, 0.3) is 0 Å². The molecule has 2 aromatic rings. The molecule has 1 aliphatic carbocycles. The molecule has 1 aromatic carbocycles. The summed E-state index contributed by atoms with van der Waals surface area (Å²) in [4.78, 5) is 17.3. The molecule has 7 nitrogen and oxygen atoms in total. The molecule has 7 heteroatoms. The molecular formula is C23H20N4O3. The molecule has 1 aliphatic rings. The molecule has 1 heterocycles. The van der Waals surface area contributed by atoms with Crippen molar-refractivity contribution in [2.24, 2.45) is 5.92 Å². The zero-order chi connectivity index (χ0) is 22.1. The van der Waals surface area contributed by atoms with Crippen LogP contribution in [0.1, 0.15) is 58.2 Å². The molecule has 1 atom stereocenters. The first-order chi connectivity index (χ1) is 14.3. The number of fused-ring (bicyclic) bond motifs is 1. The van der Waals surface area contributed by atoms with Crippen LogP contribution in [0.4, 0.5) is 0 Å². The van der Waals surface area contributed by atoms with E-state index in [1.165, 1.54) is 6.07 Å². The summed E-state index contributed by atoms with van der Waals surface area (Å²) < 4.78 is 0. The van der Waals surface area contributed by atoms with Crippen molar-refractivity contribution in [2.75, 3.05) is 0 Å². The zero-order valence-electron chi connectivity index (χ0n) is 16.7. The highest BCUT2D eigenvalue weighted by Gasteiger charge is 2.41.